The standard InChI is InChI=1S/C22H16O3/c23-12-14-9-10-18-20(11-14)25-19-8-4-3-7-17(19)21(18)22-16-6-2-1-5-15(16)13-24-22/h1-12,21-22H,13H2. The van der Waals surface area contributed by atoms with Crippen molar-refractivity contribution in [2.24, 2.45) is 0 Å². The minimum absolute atomic E-state index is 0.0457. The molecule has 2 heterocycles. The number of hydrogen-bond donors (Lipinski definition) is 0. The first-order valence-corrected chi connectivity index (χ1v) is 8.40. The Bertz CT molecular complexity index is 977. The summed E-state index contributed by atoms with van der Waals surface area (Å²) in [7, 11) is 0. The molecule has 5 rings (SSSR count). The highest BCUT2D eigenvalue weighted by Gasteiger charge is 2.38. The molecule has 3 aromatic carbocycles. The van der Waals surface area contributed by atoms with E-state index in [1.807, 2.05) is 42.5 Å². The maximum absolute atomic E-state index is 11.2. The van der Waals surface area contributed by atoms with Crippen molar-refractivity contribution in [3.8, 4) is 11.5 Å². The van der Waals surface area contributed by atoms with Gasteiger partial charge in [-0.25, -0.2) is 0 Å². The van der Waals surface area contributed by atoms with Crippen LogP contribution >= 0.6 is 0 Å². The topological polar surface area (TPSA) is 35.5 Å². The molecule has 0 amide bonds. The van der Waals surface area contributed by atoms with E-state index in [0.29, 0.717) is 12.2 Å². The van der Waals surface area contributed by atoms with E-state index in [4.69, 9.17) is 9.47 Å². The Labute approximate surface area is 145 Å². The summed E-state index contributed by atoms with van der Waals surface area (Å²) in [5.41, 5.74) is 5.27. The van der Waals surface area contributed by atoms with Gasteiger partial charge in [0.25, 0.3) is 0 Å². The van der Waals surface area contributed by atoms with Crippen molar-refractivity contribution in [2.75, 3.05) is 0 Å². The molecule has 0 spiro atoms. The lowest BCUT2D eigenvalue weighted by Gasteiger charge is -2.32. The molecule has 3 nitrogen and oxygen atoms in total. The molecule has 2 aliphatic heterocycles. The van der Waals surface area contributed by atoms with E-state index >= 15 is 0 Å². The number of carbonyl (C=O) groups is 1. The molecule has 122 valence electrons. The van der Waals surface area contributed by atoms with E-state index in [0.717, 1.165) is 28.9 Å². The molecule has 3 heteroatoms. The Morgan fingerprint density at radius 2 is 1.60 bits per heavy atom. The number of hydrogen-bond acceptors (Lipinski definition) is 3. The number of rotatable bonds is 2. The highest BCUT2D eigenvalue weighted by Crippen LogP contribution is 2.52. The molecule has 2 atom stereocenters. The Morgan fingerprint density at radius 3 is 2.48 bits per heavy atom. The quantitative estimate of drug-likeness (QED) is 0.620. The fraction of sp³-hybridized carbons (Fsp3) is 0.136. The normalized spacial score (nSPS) is 20.2. The van der Waals surface area contributed by atoms with Gasteiger partial charge in [0.2, 0.25) is 0 Å². The minimum Gasteiger partial charge on any atom is -0.457 e. The van der Waals surface area contributed by atoms with E-state index < -0.39 is 0 Å². The maximum atomic E-state index is 11.2. The fourth-order valence-corrected chi connectivity index (χ4v) is 3.90. The van der Waals surface area contributed by atoms with Gasteiger partial charge in [-0.15, -0.1) is 0 Å². The minimum atomic E-state index is -0.0536. The largest absolute Gasteiger partial charge is 0.457 e. The molecular formula is C22H16O3. The number of carbonyl (C=O) groups excluding carboxylic acids is 1. The van der Waals surface area contributed by atoms with E-state index in [2.05, 4.69) is 24.3 Å². The van der Waals surface area contributed by atoms with Gasteiger partial charge >= 0.3 is 0 Å². The molecule has 0 aliphatic carbocycles. The van der Waals surface area contributed by atoms with Gasteiger partial charge in [0.15, 0.2) is 0 Å². The third-order valence-electron chi connectivity index (χ3n) is 5.07. The monoisotopic (exact) mass is 328 g/mol. The van der Waals surface area contributed by atoms with Gasteiger partial charge in [0.1, 0.15) is 17.8 Å². The van der Waals surface area contributed by atoms with Crippen molar-refractivity contribution < 1.29 is 14.3 Å². The Balaban J connectivity index is 1.71. The predicted molar refractivity (Wildman–Crippen MR) is 94.2 cm³/mol. The van der Waals surface area contributed by atoms with Crippen LogP contribution in [0, 0.1) is 0 Å². The zero-order chi connectivity index (χ0) is 16.8. The number of aldehydes is 1. The third kappa shape index (κ3) is 2.20. The third-order valence-corrected chi connectivity index (χ3v) is 5.07. The van der Waals surface area contributed by atoms with Crippen LogP contribution in [0.1, 0.15) is 44.6 Å². The number of ether oxygens (including phenoxy) is 2. The summed E-state index contributed by atoms with van der Waals surface area (Å²) in [6, 6.07) is 22.1. The maximum Gasteiger partial charge on any atom is 0.150 e. The van der Waals surface area contributed by atoms with Crippen LogP contribution in [0.3, 0.4) is 0 Å². The van der Waals surface area contributed by atoms with Gasteiger partial charge in [-0.2, -0.15) is 0 Å². The molecule has 0 aromatic heterocycles. The molecule has 0 saturated heterocycles. The summed E-state index contributed by atoms with van der Waals surface area (Å²) in [6.07, 6.45) is 0.794. The van der Waals surface area contributed by atoms with Crippen molar-refractivity contribution >= 4 is 6.29 Å². The number of benzene rings is 3. The smallest absolute Gasteiger partial charge is 0.150 e. The van der Waals surface area contributed by atoms with E-state index in [1.54, 1.807) is 0 Å². The van der Waals surface area contributed by atoms with E-state index in [9.17, 15) is 4.79 Å². The van der Waals surface area contributed by atoms with Gasteiger partial charge in [0.05, 0.1) is 12.7 Å². The van der Waals surface area contributed by atoms with Crippen LogP contribution in [0.15, 0.2) is 66.7 Å². The first-order chi connectivity index (χ1) is 12.3. The van der Waals surface area contributed by atoms with Crippen LogP contribution < -0.4 is 4.74 Å². The van der Waals surface area contributed by atoms with Crippen LogP contribution in [-0.4, -0.2) is 6.29 Å². The second-order valence-electron chi connectivity index (χ2n) is 6.46. The molecule has 0 N–H and O–H groups in total. The number of fused-ring (bicyclic) bond motifs is 3. The molecule has 3 aromatic rings. The molecule has 0 radical (unpaired) electrons. The zero-order valence-corrected chi connectivity index (χ0v) is 13.5. The fourth-order valence-electron chi connectivity index (χ4n) is 3.90. The second-order valence-corrected chi connectivity index (χ2v) is 6.46. The van der Waals surface area contributed by atoms with Gasteiger partial charge in [-0.3, -0.25) is 4.79 Å². The average Bonchev–Trinajstić information content (AvgIpc) is 3.09. The van der Waals surface area contributed by atoms with Crippen molar-refractivity contribution in [3.05, 3.63) is 94.5 Å². The Kier molecular flexibility index (Phi) is 3.22. The number of para-hydroxylation sites is 1. The van der Waals surface area contributed by atoms with E-state index in [1.165, 1.54) is 11.1 Å². The average molecular weight is 328 g/mol. The SMILES string of the molecule is O=Cc1ccc2c(c1)Oc1ccccc1C2C1OCc2ccccc21. The Hall–Kier alpha value is -2.91. The molecule has 25 heavy (non-hydrogen) atoms. The molecule has 0 saturated carbocycles. The lowest BCUT2D eigenvalue weighted by atomic mass is 9.81. The van der Waals surface area contributed by atoms with Crippen LogP contribution in [0.5, 0.6) is 11.5 Å². The summed E-state index contributed by atoms with van der Waals surface area (Å²) in [5, 5.41) is 0. The molecule has 0 bridgehead atoms. The molecule has 2 aliphatic rings. The van der Waals surface area contributed by atoms with Gasteiger partial charge < -0.3 is 9.47 Å². The summed E-state index contributed by atoms with van der Waals surface area (Å²) < 4.78 is 12.3. The van der Waals surface area contributed by atoms with Crippen LogP contribution in [0.2, 0.25) is 0 Å². The van der Waals surface area contributed by atoms with Crippen molar-refractivity contribution in [3.63, 3.8) is 0 Å². The van der Waals surface area contributed by atoms with Crippen molar-refractivity contribution in [1.82, 2.24) is 0 Å². The van der Waals surface area contributed by atoms with Crippen LogP contribution in [-0.2, 0) is 11.3 Å². The summed E-state index contributed by atoms with van der Waals surface area (Å²) in [5.74, 6) is 1.61. The lowest BCUT2D eigenvalue weighted by molar-refractivity contribution is 0.0526. The van der Waals surface area contributed by atoms with Crippen molar-refractivity contribution in [1.29, 1.82) is 0 Å². The summed E-state index contributed by atoms with van der Waals surface area (Å²) in [6.45, 7) is 0.627. The first kappa shape index (κ1) is 14.4. The van der Waals surface area contributed by atoms with E-state index in [-0.39, 0.29) is 12.0 Å². The second kappa shape index (κ2) is 5.57. The molecule has 0 fully saturated rings. The van der Waals surface area contributed by atoms with Gasteiger partial charge in [0, 0.05) is 22.6 Å². The highest BCUT2D eigenvalue weighted by molar-refractivity contribution is 5.76. The van der Waals surface area contributed by atoms with Gasteiger partial charge in [-0.05, 0) is 23.3 Å². The summed E-state index contributed by atoms with van der Waals surface area (Å²) in [4.78, 5) is 11.2. The van der Waals surface area contributed by atoms with Crippen LogP contribution in [0.4, 0.5) is 0 Å². The highest BCUT2D eigenvalue weighted by atomic mass is 16.5. The Morgan fingerprint density at radius 1 is 0.840 bits per heavy atom. The molecular weight excluding hydrogens is 312 g/mol. The lowest BCUT2D eigenvalue weighted by Crippen LogP contribution is -2.17. The van der Waals surface area contributed by atoms with Gasteiger partial charge in [-0.1, -0.05) is 54.6 Å². The van der Waals surface area contributed by atoms with Crippen LogP contribution in [0.25, 0.3) is 0 Å². The zero-order valence-electron chi connectivity index (χ0n) is 13.5. The van der Waals surface area contributed by atoms with Crippen molar-refractivity contribution in [2.45, 2.75) is 18.6 Å². The summed E-state index contributed by atoms with van der Waals surface area (Å²) >= 11 is 0. The molecule has 2 unspecified atom stereocenters. The first-order valence-electron chi connectivity index (χ1n) is 8.40. The predicted octanol–water partition coefficient (Wildman–Crippen LogP) is 5.01.